The number of Topliss-reactive ketones (excluding diaryl/α,β-unsaturated/α-hetero) is 1. The molecule has 2 N–H and O–H groups in total. The van der Waals surface area contributed by atoms with Crippen LogP contribution in [0.1, 0.15) is 73.6 Å². The van der Waals surface area contributed by atoms with Crippen LogP contribution in [-0.2, 0) is 19.1 Å². The summed E-state index contributed by atoms with van der Waals surface area (Å²) in [6.45, 7) is 10.6. The Hall–Kier alpha value is -2.69. The first-order chi connectivity index (χ1) is 21.0. The van der Waals surface area contributed by atoms with E-state index in [4.69, 9.17) is 14.2 Å². The van der Waals surface area contributed by atoms with Gasteiger partial charge in [0.05, 0.1) is 17.9 Å². The Labute approximate surface area is 262 Å². The first kappa shape index (κ1) is 32.3. The largest absolute Gasteiger partial charge is 0.486 e. The highest BCUT2D eigenvalue weighted by molar-refractivity contribution is 6.01. The second-order valence-electron chi connectivity index (χ2n) is 15.0. The lowest BCUT2D eigenvalue weighted by Gasteiger charge is -2.63. The van der Waals surface area contributed by atoms with Crippen LogP contribution < -0.4 is 10.1 Å². The van der Waals surface area contributed by atoms with E-state index in [1.54, 1.807) is 19.1 Å². The molecular weight excluding hydrogens is 587 g/mol. The molecule has 1 aromatic carbocycles. The molecule has 1 saturated heterocycles. The molecule has 3 saturated carbocycles. The van der Waals surface area contributed by atoms with E-state index in [0.717, 1.165) is 12.5 Å². The fourth-order valence-electron chi connectivity index (χ4n) is 9.23. The molecule has 45 heavy (non-hydrogen) atoms. The van der Waals surface area contributed by atoms with Crippen molar-refractivity contribution in [3.63, 3.8) is 0 Å². The fraction of sp³-hybridized carbons (Fsp3) is 0.657. The van der Waals surface area contributed by atoms with Gasteiger partial charge in [0.1, 0.15) is 24.3 Å². The van der Waals surface area contributed by atoms with E-state index in [9.17, 15) is 19.1 Å². The Morgan fingerprint density at radius 1 is 1.20 bits per heavy atom. The van der Waals surface area contributed by atoms with E-state index < -0.39 is 82.6 Å². The van der Waals surface area contributed by atoms with E-state index in [2.05, 4.69) is 5.32 Å². The minimum atomic E-state index is -2.29. The summed E-state index contributed by atoms with van der Waals surface area (Å²) < 4.78 is 67.1. The maximum Gasteiger partial charge on any atom is 0.205 e. The van der Waals surface area contributed by atoms with Crippen LogP contribution in [0.4, 0.5) is 18.9 Å². The topological polar surface area (TPSA) is 94.1 Å². The Bertz CT molecular complexity index is 1460. The number of alkyl halides is 2. The molecule has 5 aliphatic rings. The van der Waals surface area contributed by atoms with Crippen molar-refractivity contribution in [2.45, 2.75) is 115 Å². The van der Waals surface area contributed by atoms with Gasteiger partial charge in [-0.3, -0.25) is 9.59 Å². The third-order valence-electron chi connectivity index (χ3n) is 11.2. The van der Waals surface area contributed by atoms with Crippen molar-refractivity contribution in [1.29, 1.82) is 0 Å². The molecule has 4 aliphatic carbocycles. The number of fused-ring (bicyclic) bond motifs is 7. The van der Waals surface area contributed by atoms with E-state index in [0.29, 0.717) is 12.1 Å². The zero-order valence-corrected chi connectivity index (χ0v) is 26.8. The summed E-state index contributed by atoms with van der Waals surface area (Å²) in [7, 11) is 0. The number of hydrogen-bond donors (Lipinski definition) is 2. The second-order valence-corrected chi connectivity index (χ2v) is 15.0. The van der Waals surface area contributed by atoms with Crippen LogP contribution in [0.2, 0.25) is 0 Å². The number of allylic oxidation sites excluding steroid dienone is 4. The molecule has 0 aromatic heterocycles. The van der Waals surface area contributed by atoms with Crippen molar-refractivity contribution in [2.24, 2.45) is 22.7 Å². The van der Waals surface area contributed by atoms with Gasteiger partial charge in [0.2, 0.25) is 5.78 Å². The Morgan fingerprint density at radius 3 is 2.60 bits per heavy atom. The molecule has 0 radical (unpaired) electrons. The number of nitrogens with one attached hydrogen (secondary N) is 1. The fourth-order valence-corrected chi connectivity index (χ4v) is 9.23. The number of hydrogen-bond acceptors (Lipinski definition) is 7. The van der Waals surface area contributed by atoms with Crippen LogP contribution in [0.25, 0.3) is 0 Å². The predicted molar refractivity (Wildman–Crippen MR) is 162 cm³/mol. The molecule has 1 aliphatic heterocycles. The van der Waals surface area contributed by atoms with Gasteiger partial charge in [-0.05, 0) is 89.2 Å². The van der Waals surface area contributed by atoms with Crippen LogP contribution in [0.15, 0.2) is 42.0 Å². The predicted octanol–water partition coefficient (Wildman–Crippen LogP) is 6.19. The normalized spacial score (nSPS) is 41.9. The molecule has 1 aromatic rings. The summed E-state index contributed by atoms with van der Waals surface area (Å²) in [5.41, 5.74) is -6.56. The Balaban J connectivity index is 1.33. The smallest absolute Gasteiger partial charge is 0.205 e. The zero-order chi connectivity index (χ0) is 32.7. The third kappa shape index (κ3) is 4.64. The maximum atomic E-state index is 17.6. The average Bonchev–Trinajstić information content (AvgIpc) is 3.43. The number of aliphatic hydroxyl groups is 1. The molecule has 0 amide bonds. The minimum absolute atomic E-state index is 0.0419. The summed E-state index contributed by atoms with van der Waals surface area (Å²) in [6.07, 6.45) is 0.267. The Morgan fingerprint density at radius 2 is 1.93 bits per heavy atom. The number of carbonyl (C=O) groups excluding carboxylic acids is 2. The SMILES string of the molecule is CCCC1O[C@@H]2C[C@H]3[C@@H]4C[C@H](F)C5=CC(=O)C=C[C@]5(C)[C@@]4(F)[C@@H](O)C[C@]3(C)[C@]2(C(=O)COc2ccc(NC(C)(C)C)c(F)c2)O1. The number of rotatable bonds is 7. The van der Waals surface area contributed by atoms with Crippen LogP contribution in [0, 0.1) is 28.5 Å². The summed E-state index contributed by atoms with van der Waals surface area (Å²) in [5.74, 6) is -2.80. The van der Waals surface area contributed by atoms with Crippen LogP contribution >= 0.6 is 0 Å². The molecular formula is C35H44F3NO6. The number of benzene rings is 1. The van der Waals surface area contributed by atoms with Crippen molar-refractivity contribution >= 4 is 17.3 Å². The van der Waals surface area contributed by atoms with E-state index in [-0.39, 0.29) is 36.1 Å². The molecule has 10 heteroatoms. The Kier molecular flexibility index (Phi) is 7.65. The van der Waals surface area contributed by atoms with Gasteiger partial charge in [0.25, 0.3) is 0 Å². The highest BCUT2D eigenvalue weighted by Crippen LogP contribution is 2.72. The monoisotopic (exact) mass is 631 g/mol. The standard InChI is InChI=1S/C35H44F3NO6/c1-7-8-30-44-29-16-21-22-15-24(36)23-13-19(40)11-12-32(23,5)34(22,38)27(41)17-33(21,6)35(29,45-30)28(42)18-43-20-9-10-26(25(37)14-20)39-31(2,3)4/h9-14,21-22,24,27,29-30,39,41H,7-8,15-18H2,1-6H3/t21-,22-,24-,27-,29+,30?,32-,33-,34-,35+/m0/s1. The molecule has 0 spiro atoms. The second kappa shape index (κ2) is 10.7. The van der Waals surface area contributed by atoms with Crippen molar-refractivity contribution < 1.29 is 42.1 Å². The molecule has 6 rings (SSSR count). The van der Waals surface area contributed by atoms with Crippen molar-refractivity contribution in [3.8, 4) is 5.75 Å². The number of ketones is 2. The van der Waals surface area contributed by atoms with Crippen LogP contribution in [0.3, 0.4) is 0 Å². The molecule has 246 valence electrons. The number of aliphatic hydroxyl groups excluding tert-OH is 1. The molecule has 4 fully saturated rings. The van der Waals surface area contributed by atoms with Gasteiger partial charge in [-0.25, -0.2) is 13.2 Å². The summed E-state index contributed by atoms with van der Waals surface area (Å²) in [6, 6.07) is 4.33. The highest BCUT2D eigenvalue weighted by atomic mass is 19.1. The first-order valence-electron chi connectivity index (χ1n) is 16.0. The highest BCUT2D eigenvalue weighted by Gasteiger charge is 2.80. The third-order valence-corrected chi connectivity index (χ3v) is 11.2. The zero-order valence-electron chi connectivity index (χ0n) is 26.8. The van der Waals surface area contributed by atoms with Gasteiger partial charge in [-0.15, -0.1) is 0 Å². The van der Waals surface area contributed by atoms with Crippen molar-refractivity contribution in [2.75, 3.05) is 11.9 Å². The van der Waals surface area contributed by atoms with Gasteiger partial charge in [-0.1, -0.05) is 26.3 Å². The quantitative estimate of drug-likeness (QED) is 0.371. The van der Waals surface area contributed by atoms with E-state index in [1.165, 1.54) is 18.2 Å². The average molecular weight is 632 g/mol. The number of carbonyl (C=O) groups is 2. The number of anilines is 1. The van der Waals surface area contributed by atoms with Crippen LogP contribution in [-0.4, -0.2) is 64.8 Å². The molecule has 0 bridgehead atoms. The molecule has 7 nitrogen and oxygen atoms in total. The van der Waals surface area contributed by atoms with Crippen molar-refractivity contribution in [3.05, 3.63) is 47.8 Å². The number of halogens is 3. The van der Waals surface area contributed by atoms with Gasteiger partial charge in [-0.2, -0.15) is 0 Å². The summed E-state index contributed by atoms with van der Waals surface area (Å²) >= 11 is 0. The summed E-state index contributed by atoms with van der Waals surface area (Å²) in [5, 5.41) is 14.8. The number of ether oxygens (including phenoxy) is 3. The lowest BCUT2D eigenvalue weighted by molar-refractivity contribution is -0.234. The molecule has 1 heterocycles. The van der Waals surface area contributed by atoms with Gasteiger partial charge >= 0.3 is 0 Å². The van der Waals surface area contributed by atoms with Gasteiger partial charge < -0.3 is 24.6 Å². The first-order valence-corrected chi connectivity index (χ1v) is 16.0. The van der Waals surface area contributed by atoms with Gasteiger partial charge in [0, 0.05) is 28.4 Å². The maximum absolute atomic E-state index is 17.6. The van der Waals surface area contributed by atoms with Crippen molar-refractivity contribution in [1.82, 2.24) is 0 Å². The van der Waals surface area contributed by atoms with E-state index >= 15 is 8.78 Å². The van der Waals surface area contributed by atoms with E-state index in [1.807, 2.05) is 34.6 Å². The molecule has 10 atom stereocenters. The minimum Gasteiger partial charge on any atom is -0.486 e. The van der Waals surface area contributed by atoms with Crippen LogP contribution in [0.5, 0.6) is 5.75 Å². The lowest BCUT2D eigenvalue weighted by Crippen LogP contribution is -2.71. The lowest BCUT2D eigenvalue weighted by atomic mass is 9.44. The molecule has 1 unspecified atom stereocenters. The summed E-state index contributed by atoms with van der Waals surface area (Å²) in [4.78, 5) is 26.5. The van der Waals surface area contributed by atoms with Gasteiger partial charge in [0.15, 0.2) is 23.3 Å².